The summed E-state index contributed by atoms with van der Waals surface area (Å²) in [6, 6.07) is 5.97. The van der Waals surface area contributed by atoms with Crippen molar-refractivity contribution in [2.75, 3.05) is 14.2 Å². The predicted octanol–water partition coefficient (Wildman–Crippen LogP) is 4.55. The SMILES string of the molecule is CCCn1cc(-c2cc(OC)c(C(C)(C)C)cc2OC)cc(C)c1=O. The van der Waals surface area contributed by atoms with E-state index >= 15 is 0 Å². The van der Waals surface area contributed by atoms with Crippen LogP contribution in [0.2, 0.25) is 0 Å². The van der Waals surface area contributed by atoms with Crippen LogP contribution in [0, 0.1) is 6.92 Å². The third-order valence-corrected chi connectivity index (χ3v) is 4.37. The highest BCUT2D eigenvalue weighted by Gasteiger charge is 2.22. The molecule has 1 heterocycles. The molecule has 0 unspecified atom stereocenters. The first-order chi connectivity index (χ1) is 11.7. The van der Waals surface area contributed by atoms with Crippen LogP contribution < -0.4 is 15.0 Å². The maximum absolute atomic E-state index is 12.3. The topological polar surface area (TPSA) is 40.5 Å². The first-order valence-corrected chi connectivity index (χ1v) is 8.70. The summed E-state index contributed by atoms with van der Waals surface area (Å²) in [7, 11) is 3.36. The number of pyridine rings is 1. The Labute approximate surface area is 150 Å². The van der Waals surface area contributed by atoms with Gasteiger partial charge in [0.25, 0.3) is 5.56 Å². The van der Waals surface area contributed by atoms with Gasteiger partial charge in [-0.2, -0.15) is 0 Å². The number of benzene rings is 1. The van der Waals surface area contributed by atoms with Gasteiger partial charge >= 0.3 is 0 Å². The highest BCUT2D eigenvalue weighted by Crippen LogP contribution is 2.40. The Kier molecular flexibility index (Phi) is 5.61. The van der Waals surface area contributed by atoms with Gasteiger partial charge in [0.15, 0.2) is 0 Å². The average Bonchev–Trinajstić information content (AvgIpc) is 2.56. The van der Waals surface area contributed by atoms with Crippen LogP contribution in [0.25, 0.3) is 11.1 Å². The maximum Gasteiger partial charge on any atom is 0.253 e. The van der Waals surface area contributed by atoms with Crippen molar-refractivity contribution >= 4 is 0 Å². The largest absolute Gasteiger partial charge is 0.496 e. The molecule has 2 rings (SSSR count). The lowest BCUT2D eigenvalue weighted by Gasteiger charge is -2.24. The van der Waals surface area contributed by atoms with Crippen molar-refractivity contribution < 1.29 is 9.47 Å². The molecule has 0 aliphatic rings. The van der Waals surface area contributed by atoms with Gasteiger partial charge in [-0.05, 0) is 37.0 Å². The average molecular weight is 343 g/mol. The van der Waals surface area contributed by atoms with Crippen LogP contribution in [-0.4, -0.2) is 18.8 Å². The summed E-state index contributed by atoms with van der Waals surface area (Å²) < 4.78 is 13.1. The number of nitrogens with zero attached hydrogens (tertiary/aromatic N) is 1. The molecule has 2 aromatic rings. The minimum atomic E-state index is -0.0614. The van der Waals surface area contributed by atoms with Crippen molar-refractivity contribution in [1.82, 2.24) is 4.57 Å². The lowest BCUT2D eigenvalue weighted by molar-refractivity contribution is 0.389. The number of methoxy groups -OCH3 is 2. The Morgan fingerprint density at radius 2 is 1.68 bits per heavy atom. The molecule has 1 aromatic heterocycles. The van der Waals surface area contributed by atoms with E-state index in [1.54, 1.807) is 18.8 Å². The van der Waals surface area contributed by atoms with Crippen LogP contribution in [0.5, 0.6) is 11.5 Å². The van der Waals surface area contributed by atoms with E-state index in [4.69, 9.17) is 9.47 Å². The molecule has 0 fully saturated rings. The number of aromatic nitrogens is 1. The molecule has 0 aliphatic heterocycles. The van der Waals surface area contributed by atoms with Crippen LogP contribution in [0.1, 0.15) is 45.2 Å². The van der Waals surface area contributed by atoms with Crippen molar-refractivity contribution in [2.24, 2.45) is 0 Å². The van der Waals surface area contributed by atoms with Crippen molar-refractivity contribution in [1.29, 1.82) is 0 Å². The Bertz CT molecular complexity index is 813. The zero-order chi connectivity index (χ0) is 18.8. The Hall–Kier alpha value is -2.23. The Morgan fingerprint density at radius 3 is 2.20 bits per heavy atom. The minimum absolute atomic E-state index is 0.0582. The van der Waals surface area contributed by atoms with Crippen LogP contribution in [-0.2, 0) is 12.0 Å². The summed E-state index contributed by atoms with van der Waals surface area (Å²) >= 11 is 0. The smallest absolute Gasteiger partial charge is 0.253 e. The van der Waals surface area contributed by atoms with Gasteiger partial charge in [-0.1, -0.05) is 27.7 Å². The number of ether oxygens (including phenoxy) is 2. The first kappa shape index (κ1) is 19.1. The second kappa shape index (κ2) is 7.34. The normalized spacial score (nSPS) is 11.5. The van der Waals surface area contributed by atoms with Crippen molar-refractivity contribution in [2.45, 2.75) is 53.0 Å². The van der Waals surface area contributed by atoms with Gasteiger partial charge in [0.05, 0.1) is 14.2 Å². The number of hydrogen-bond donors (Lipinski definition) is 0. The van der Waals surface area contributed by atoms with Crippen molar-refractivity contribution in [3.05, 3.63) is 45.9 Å². The lowest BCUT2D eigenvalue weighted by atomic mass is 9.85. The van der Waals surface area contributed by atoms with Crippen molar-refractivity contribution in [3.8, 4) is 22.6 Å². The molecule has 25 heavy (non-hydrogen) atoms. The molecule has 0 saturated heterocycles. The summed E-state index contributed by atoms with van der Waals surface area (Å²) in [5.74, 6) is 1.61. The fraction of sp³-hybridized carbons (Fsp3) is 0.476. The minimum Gasteiger partial charge on any atom is -0.496 e. The number of aryl methyl sites for hydroxylation is 2. The van der Waals surface area contributed by atoms with Gasteiger partial charge in [-0.25, -0.2) is 0 Å². The first-order valence-electron chi connectivity index (χ1n) is 8.70. The summed E-state index contributed by atoms with van der Waals surface area (Å²) in [6.45, 7) is 11.1. The third-order valence-electron chi connectivity index (χ3n) is 4.37. The number of hydrogen-bond acceptors (Lipinski definition) is 3. The molecule has 4 nitrogen and oxygen atoms in total. The van der Waals surface area contributed by atoms with E-state index in [9.17, 15) is 4.79 Å². The Morgan fingerprint density at radius 1 is 1.04 bits per heavy atom. The van der Waals surface area contributed by atoms with E-state index in [-0.39, 0.29) is 11.0 Å². The molecular formula is C21H29NO3. The van der Waals surface area contributed by atoms with E-state index in [0.29, 0.717) is 6.54 Å². The summed E-state index contributed by atoms with van der Waals surface area (Å²) in [6.07, 6.45) is 2.82. The van der Waals surface area contributed by atoms with Gasteiger partial charge in [0, 0.05) is 35.0 Å². The molecule has 4 heteroatoms. The lowest BCUT2D eigenvalue weighted by Crippen LogP contribution is -2.21. The zero-order valence-electron chi connectivity index (χ0n) is 16.4. The second-order valence-electron chi connectivity index (χ2n) is 7.41. The molecule has 0 amide bonds. The highest BCUT2D eigenvalue weighted by molar-refractivity contribution is 5.73. The molecule has 0 spiro atoms. The van der Waals surface area contributed by atoms with Gasteiger partial charge < -0.3 is 14.0 Å². The number of rotatable bonds is 5. The summed E-state index contributed by atoms with van der Waals surface area (Å²) in [5, 5.41) is 0. The van der Waals surface area contributed by atoms with Crippen LogP contribution >= 0.6 is 0 Å². The fourth-order valence-electron chi connectivity index (χ4n) is 3.05. The van der Waals surface area contributed by atoms with Crippen LogP contribution in [0.4, 0.5) is 0 Å². The molecule has 0 radical (unpaired) electrons. The molecule has 0 bridgehead atoms. The third kappa shape index (κ3) is 3.89. The van der Waals surface area contributed by atoms with E-state index < -0.39 is 0 Å². The van der Waals surface area contributed by atoms with Gasteiger partial charge in [-0.3, -0.25) is 4.79 Å². The van der Waals surface area contributed by atoms with E-state index in [0.717, 1.165) is 40.2 Å². The quantitative estimate of drug-likeness (QED) is 0.800. The monoisotopic (exact) mass is 343 g/mol. The van der Waals surface area contributed by atoms with Gasteiger partial charge in [0.2, 0.25) is 0 Å². The van der Waals surface area contributed by atoms with Gasteiger partial charge in [-0.15, -0.1) is 0 Å². The van der Waals surface area contributed by atoms with Crippen molar-refractivity contribution in [3.63, 3.8) is 0 Å². The predicted molar refractivity (Wildman–Crippen MR) is 103 cm³/mol. The Balaban J connectivity index is 2.73. The molecule has 0 N–H and O–H groups in total. The van der Waals surface area contributed by atoms with Crippen LogP contribution in [0.3, 0.4) is 0 Å². The standard InChI is InChI=1S/C21H29NO3/c1-8-9-22-13-15(10-14(2)20(22)23)16-11-19(25-7)17(21(3,4)5)12-18(16)24-6/h10-13H,8-9H2,1-7H3. The molecule has 1 aromatic carbocycles. The van der Waals surface area contributed by atoms with E-state index in [1.807, 2.05) is 31.3 Å². The molecular weight excluding hydrogens is 314 g/mol. The summed E-state index contributed by atoms with van der Waals surface area (Å²) in [4.78, 5) is 12.3. The molecule has 136 valence electrons. The maximum atomic E-state index is 12.3. The van der Waals surface area contributed by atoms with E-state index in [1.165, 1.54) is 0 Å². The highest BCUT2D eigenvalue weighted by atomic mass is 16.5. The zero-order valence-corrected chi connectivity index (χ0v) is 16.4. The van der Waals surface area contributed by atoms with Gasteiger partial charge in [0.1, 0.15) is 11.5 Å². The molecule has 0 saturated carbocycles. The van der Waals surface area contributed by atoms with E-state index in [2.05, 4.69) is 27.7 Å². The fourth-order valence-corrected chi connectivity index (χ4v) is 3.05. The molecule has 0 atom stereocenters. The van der Waals surface area contributed by atoms with Crippen LogP contribution in [0.15, 0.2) is 29.2 Å². The second-order valence-corrected chi connectivity index (χ2v) is 7.41. The molecule has 0 aliphatic carbocycles. The summed E-state index contributed by atoms with van der Waals surface area (Å²) in [5.41, 5.74) is 3.71.